The predicted octanol–water partition coefficient (Wildman–Crippen LogP) is 4.59. The Morgan fingerprint density at radius 1 is 1.14 bits per heavy atom. The van der Waals surface area contributed by atoms with Gasteiger partial charge in [0.1, 0.15) is 0 Å². The molecule has 0 saturated carbocycles. The van der Waals surface area contributed by atoms with Crippen molar-refractivity contribution in [1.29, 1.82) is 0 Å². The summed E-state index contributed by atoms with van der Waals surface area (Å²) in [5.41, 5.74) is 2.12. The molecule has 0 atom stereocenters. The summed E-state index contributed by atoms with van der Waals surface area (Å²) in [6, 6.07) is 0. The molecule has 0 fully saturated rings. The molecule has 0 saturated heterocycles. The third-order valence-corrected chi connectivity index (χ3v) is 2.72. The number of allylic oxidation sites excluding steroid dienone is 11. The highest BCUT2D eigenvalue weighted by Gasteiger charge is 2.14. The zero-order valence-electron chi connectivity index (χ0n) is 12.8. The fourth-order valence-electron chi connectivity index (χ4n) is 1.77. The van der Waals surface area contributed by atoms with Crippen molar-refractivity contribution in [3.8, 4) is 0 Å². The highest BCUT2D eigenvalue weighted by Crippen LogP contribution is 2.16. The first-order valence-electron chi connectivity index (χ1n) is 6.85. The maximum absolute atomic E-state index is 12.4. The number of Topliss-reactive ketones (excluding diaryl/α,β-unsaturated/α-hetero) is 1. The number of imidazole rings is 1. The van der Waals surface area contributed by atoms with Crippen molar-refractivity contribution in [2.75, 3.05) is 0 Å². The van der Waals surface area contributed by atoms with Crippen LogP contribution in [0.2, 0.25) is 0 Å². The van der Waals surface area contributed by atoms with Gasteiger partial charge in [0.15, 0.2) is 5.82 Å². The quantitative estimate of drug-likeness (QED) is 0.432. The molecule has 0 radical (unpaired) electrons. The first kappa shape index (κ1) is 17.1. The largest absolute Gasteiger partial charge is 0.335 e. The van der Waals surface area contributed by atoms with E-state index in [1.807, 2.05) is 19.1 Å². The van der Waals surface area contributed by atoms with E-state index in [9.17, 15) is 4.79 Å². The minimum absolute atomic E-state index is 0.185. The molecule has 1 rings (SSSR count). The van der Waals surface area contributed by atoms with E-state index in [1.165, 1.54) is 0 Å². The number of aromatic nitrogens is 2. The van der Waals surface area contributed by atoms with Crippen molar-refractivity contribution in [2.45, 2.75) is 6.92 Å². The first-order chi connectivity index (χ1) is 10.7. The number of nitrogens with zero attached hydrogens (tertiary/aromatic N) is 1. The lowest BCUT2D eigenvalue weighted by atomic mass is 10.1. The number of hydrogen-bond donors (Lipinski definition) is 1. The molecular weight excluding hydrogens is 272 g/mol. The van der Waals surface area contributed by atoms with Gasteiger partial charge in [-0.3, -0.25) is 4.79 Å². The third-order valence-electron chi connectivity index (χ3n) is 2.72. The Morgan fingerprint density at radius 2 is 1.86 bits per heavy atom. The van der Waals surface area contributed by atoms with Crippen molar-refractivity contribution in [1.82, 2.24) is 9.97 Å². The molecule has 0 spiro atoms. The van der Waals surface area contributed by atoms with Crippen molar-refractivity contribution >= 4 is 11.4 Å². The van der Waals surface area contributed by atoms with Crippen molar-refractivity contribution < 1.29 is 4.79 Å². The lowest BCUT2D eigenvalue weighted by Crippen LogP contribution is -2.04. The Hall–Kier alpha value is -2.94. The topological polar surface area (TPSA) is 45.8 Å². The number of carbonyl (C=O) groups excluding carboxylic acids is 1. The zero-order chi connectivity index (χ0) is 16.4. The number of nitrogens with one attached hydrogen (secondary N) is 1. The maximum atomic E-state index is 12.4. The van der Waals surface area contributed by atoms with Crippen LogP contribution < -0.4 is 0 Å². The van der Waals surface area contributed by atoms with E-state index in [2.05, 4.69) is 29.7 Å². The van der Waals surface area contributed by atoms with Crippen molar-refractivity contribution in [3.63, 3.8) is 0 Å². The molecule has 0 aliphatic carbocycles. The summed E-state index contributed by atoms with van der Waals surface area (Å²) >= 11 is 0. The van der Waals surface area contributed by atoms with E-state index >= 15 is 0 Å². The van der Waals surface area contributed by atoms with Gasteiger partial charge < -0.3 is 4.98 Å². The van der Waals surface area contributed by atoms with Crippen LogP contribution in [0.25, 0.3) is 5.57 Å². The second-order valence-electron chi connectivity index (χ2n) is 4.28. The molecule has 0 bridgehead atoms. The molecule has 0 amide bonds. The van der Waals surface area contributed by atoms with E-state index in [0.717, 1.165) is 11.3 Å². The maximum Gasteiger partial charge on any atom is 0.228 e. The Morgan fingerprint density at radius 3 is 2.45 bits per heavy atom. The molecule has 3 heteroatoms. The smallest absolute Gasteiger partial charge is 0.228 e. The van der Waals surface area contributed by atoms with Gasteiger partial charge in [0, 0.05) is 5.57 Å². The zero-order valence-corrected chi connectivity index (χ0v) is 12.8. The van der Waals surface area contributed by atoms with Crippen LogP contribution in [0.15, 0.2) is 86.2 Å². The first-order valence-corrected chi connectivity index (χ1v) is 6.85. The fraction of sp³-hybridized carbons (Fsp3) is 0.0526. The minimum atomic E-state index is -0.185. The van der Waals surface area contributed by atoms with Gasteiger partial charge in [0.25, 0.3) is 0 Å². The normalized spacial score (nSPS) is 12.8. The average molecular weight is 292 g/mol. The Bertz CT molecular complexity index is 682. The van der Waals surface area contributed by atoms with Crippen molar-refractivity contribution in [3.05, 3.63) is 97.7 Å². The second kappa shape index (κ2) is 9.08. The Balaban J connectivity index is 3.16. The molecular formula is C19H20N2O. The summed E-state index contributed by atoms with van der Waals surface area (Å²) in [5, 5.41) is 0. The fourth-order valence-corrected chi connectivity index (χ4v) is 1.77. The summed E-state index contributed by atoms with van der Waals surface area (Å²) in [4.78, 5) is 19.6. The molecule has 1 aromatic rings. The Labute approximate surface area is 131 Å². The Kier molecular flexibility index (Phi) is 7.06. The van der Waals surface area contributed by atoms with Crippen LogP contribution in [0.5, 0.6) is 0 Å². The highest BCUT2D eigenvalue weighted by molar-refractivity contribution is 6.08. The molecule has 112 valence electrons. The third kappa shape index (κ3) is 4.56. The van der Waals surface area contributed by atoms with Crippen LogP contribution in [-0.4, -0.2) is 15.8 Å². The summed E-state index contributed by atoms with van der Waals surface area (Å²) in [6.45, 7) is 12.8. The molecule has 1 heterocycles. The summed E-state index contributed by atoms with van der Waals surface area (Å²) in [6.07, 6.45) is 17.2. The molecule has 0 unspecified atom stereocenters. The minimum Gasteiger partial charge on any atom is -0.335 e. The molecule has 0 aliphatic rings. The number of rotatable bonds is 8. The number of H-pyrrole nitrogens is 1. The van der Waals surface area contributed by atoms with E-state index in [-0.39, 0.29) is 11.6 Å². The van der Waals surface area contributed by atoms with Crippen LogP contribution in [0.3, 0.4) is 0 Å². The van der Waals surface area contributed by atoms with E-state index in [4.69, 9.17) is 0 Å². The SMILES string of the molecule is C=C/C=C\C(=C/C=C)c1cnc(C(=O)C(/C=C\C)=C/C=C)[nH]1. The standard InChI is InChI=1S/C19H20N2O/c1-5-9-13-15(10-6-2)17-14-20-19(21-17)18(22)16(11-7-3)12-8-4/h5-14H,1-3H2,4H3,(H,20,21)/b12-8-,13-9-,15-10+,16-11+. The van der Waals surface area contributed by atoms with E-state index in [0.29, 0.717) is 5.57 Å². The molecule has 1 aromatic heterocycles. The van der Waals surface area contributed by atoms with Gasteiger partial charge in [-0.05, 0) is 12.5 Å². The highest BCUT2D eigenvalue weighted by atomic mass is 16.1. The van der Waals surface area contributed by atoms with Crippen molar-refractivity contribution in [2.24, 2.45) is 0 Å². The van der Waals surface area contributed by atoms with Gasteiger partial charge in [-0.25, -0.2) is 4.98 Å². The lowest BCUT2D eigenvalue weighted by molar-refractivity contribution is 0.102. The molecule has 22 heavy (non-hydrogen) atoms. The van der Waals surface area contributed by atoms with Gasteiger partial charge >= 0.3 is 0 Å². The van der Waals surface area contributed by atoms with Crippen LogP contribution in [-0.2, 0) is 0 Å². The summed E-state index contributed by atoms with van der Waals surface area (Å²) < 4.78 is 0. The van der Waals surface area contributed by atoms with Gasteiger partial charge in [-0.2, -0.15) is 0 Å². The predicted molar refractivity (Wildman–Crippen MR) is 93.5 cm³/mol. The summed E-state index contributed by atoms with van der Waals surface area (Å²) in [7, 11) is 0. The monoisotopic (exact) mass is 292 g/mol. The molecule has 3 nitrogen and oxygen atoms in total. The van der Waals surface area contributed by atoms with Crippen LogP contribution in [0.4, 0.5) is 0 Å². The van der Waals surface area contributed by atoms with Gasteiger partial charge in [0.2, 0.25) is 5.78 Å². The average Bonchev–Trinajstić information content (AvgIpc) is 3.00. The lowest BCUT2D eigenvalue weighted by Gasteiger charge is -1.99. The summed E-state index contributed by atoms with van der Waals surface area (Å²) in [5.74, 6) is 0.0954. The number of aromatic amines is 1. The molecule has 1 N–H and O–H groups in total. The van der Waals surface area contributed by atoms with Gasteiger partial charge in [-0.1, -0.05) is 74.4 Å². The van der Waals surface area contributed by atoms with E-state index < -0.39 is 0 Å². The number of carbonyl (C=O) groups is 1. The number of hydrogen-bond acceptors (Lipinski definition) is 2. The van der Waals surface area contributed by atoms with Crippen LogP contribution in [0, 0.1) is 0 Å². The van der Waals surface area contributed by atoms with Gasteiger partial charge in [0.05, 0.1) is 11.9 Å². The van der Waals surface area contributed by atoms with Crippen LogP contribution >= 0.6 is 0 Å². The van der Waals surface area contributed by atoms with Gasteiger partial charge in [-0.15, -0.1) is 0 Å². The molecule has 0 aromatic carbocycles. The second-order valence-corrected chi connectivity index (χ2v) is 4.28. The van der Waals surface area contributed by atoms with Crippen LogP contribution in [0.1, 0.15) is 23.2 Å². The van der Waals surface area contributed by atoms with E-state index in [1.54, 1.807) is 48.7 Å². The molecule has 0 aliphatic heterocycles. The number of ketones is 1.